The van der Waals surface area contributed by atoms with E-state index >= 15 is 0 Å². The highest BCUT2D eigenvalue weighted by molar-refractivity contribution is 8.01. The van der Waals surface area contributed by atoms with Gasteiger partial charge in [0.15, 0.2) is 4.34 Å². The fourth-order valence-corrected chi connectivity index (χ4v) is 3.76. The zero-order valence-corrected chi connectivity index (χ0v) is 16.2. The van der Waals surface area contributed by atoms with E-state index in [4.69, 9.17) is 5.11 Å². The first-order valence-corrected chi connectivity index (χ1v) is 9.88. The largest absolute Gasteiger partial charge is 0.478 e. The molecule has 29 heavy (non-hydrogen) atoms. The molecule has 3 rings (SSSR count). The highest BCUT2D eigenvalue weighted by Crippen LogP contribution is 2.26. The van der Waals surface area contributed by atoms with E-state index in [1.807, 2.05) is 0 Å². The Balaban J connectivity index is 1.55. The van der Waals surface area contributed by atoms with Crippen LogP contribution in [0.3, 0.4) is 0 Å². The number of anilines is 2. The smallest absolute Gasteiger partial charge is 0.336 e. The van der Waals surface area contributed by atoms with Gasteiger partial charge in [-0.1, -0.05) is 35.2 Å². The van der Waals surface area contributed by atoms with Gasteiger partial charge in [-0.2, -0.15) is 0 Å². The van der Waals surface area contributed by atoms with Crippen LogP contribution in [-0.4, -0.2) is 38.8 Å². The normalized spacial score (nSPS) is 10.4. The Labute approximate surface area is 172 Å². The number of halogens is 1. The summed E-state index contributed by atoms with van der Waals surface area (Å²) < 4.78 is 13.3. The van der Waals surface area contributed by atoms with Gasteiger partial charge >= 0.3 is 5.97 Å². The number of nitrogens with one attached hydrogen (secondary N) is 2. The van der Waals surface area contributed by atoms with Gasteiger partial charge in [0.25, 0.3) is 5.91 Å². The average molecular weight is 432 g/mol. The lowest BCUT2D eigenvalue weighted by Crippen LogP contribution is -2.16. The molecule has 8 nitrogen and oxygen atoms in total. The number of carbonyl (C=O) groups excluding carboxylic acids is 2. The van der Waals surface area contributed by atoms with E-state index in [0.29, 0.717) is 10.0 Å². The molecule has 2 amide bonds. The molecule has 3 N–H and O–H groups in total. The van der Waals surface area contributed by atoms with Crippen molar-refractivity contribution in [2.24, 2.45) is 0 Å². The molecule has 0 aliphatic rings. The van der Waals surface area contributed by atoms with Crippen molar-refractivity contribution in [1.29, 1.82) is 0 Å². The first-order valence-electron chi connectivity index (χ1n) is 8.08. The minimum absolute atomic E-state index is 0.00285. The third-order valence-electron chi connectivity index (χ3n) is 3.48. The second-order valence-corrected chi connectivity index (χ2v) is 7.72. The fourth-order valence-electron chi connectivity index (χ4n) is 2.21. The van der Waals surface area contributed by atoms with E-state index in [0.717, 1.165) is 23.1 Å². The Kier molecular flexibility index (Phi) is 6.52. The molecule has 0 unspecified atom stereocenters. The van der Waals surface area contributed by atoms with Crippen LogP contribution < -0.4 is 10.6 Å². The zero-order chi connectivity index (χ0) is 20.8. The van der Waals surface area contributed by atoms with Gasteiger partial charge < -0.3 is 10.4 Å². The summed E-state index contributed by atoms with van der Waals surface area (Å²) in [5, 5.41) is 22.2. The molecule has 0 atom stereocenters. The lowest BCUT2D eigenvalue weighted by atomic mass is 10.1. The molecule has 3 aromatic rings. The van der Waals surface area contributed by atoms with Crippen molar-refractivity contribution >= 4 is 51.7 Å². The summed E-state index contributed by atoms with van der Waals surface area (Å²) >= 11 is 2.17. The quantitative estimate of drug-likeness (QED) is 0.387. The first-order chi connectivity index (χ1) is 13.9. The molecule has 0 saturated heterocycles. The Hall–Kier alpha value is -3.31. The summed E-state index contributed by atoms with van der Waals surface area (Å²) in [6.07, 6.45) is 0. The number of aromatic nitrogens is 2. The van der Waals surface area contributed by atoms with Gasteiger partial charge in [-0.15, -0.1) is 10.2 Å². The molecule has 148 valence electrons. The summed E-state index contributed by atoms with van der Waals surface area (Å²) in [7, 11) is 0. The van der Waals surface area contributed by atoms with Crippen molar-refractivity contribution in [3.63, 3.8) is 0 Å². The number of amides is 2. The molecule has 0 aliphatic heterocycles. The van der Waals surface area contributed by atoms with E-state index in [-0.39, 0.29) is 27.9 Å². The van der Waals surface area contributed by atoms with Crippen molar-refractivity contribution < 1.29 is 23.9 Å². The Bertz CT molecular complexity index is 1060. The van der Waals surface area contributed by atoms with Crippen molar-refractivity contribution in [1.82, 2.24) is 10.2 Å². The van der Waals surface area contributed by atoms with Crippen LogP contribution in [0.1, 0.15) is 20.7 Å². The van der Waals surface area contributed by atoms with Crippen molar-refractivity contribution in [3.8, 4) is 0 Å². The van der Waals surface area contributed by atoms with Gasteiger partial charge in [-0.25, -0.2) is 9.18 Å². The molecule has 2 aromatic carbocycles. The summed E-state index contributed by atoms with van der Waals surface area (Å²) in [5.41, 5.74) is 0.351. The van der Waals surface area contributed by atoms with Gasteiger partial charge in [0, 0.05) is 5.69 Å². The second kappa shape index (κ2) is 9.26. The van der Waals surface area contributed by atoms with Crippen molar-refractivity contribution in [2.75, 3.05) is 16.4 Å². The van der Waals surface area contributed by atoms with Crippen molar-refractivity contribution in [2.45, 2.75) is 4.34 Å². The SMILES string of the molecule is O=C(CSc1nnc(NC(=O)c2ccccc2C(=O)O)s1)Nc1ccc(F)cc1. The van der Waals surface area contributed by atoms with Crippen LogP contribution in [0.4, 0.5) is 15.2 Å². The van der Waals surface area contributed by atoms with Crippen LogP contribution in [0, 0.1) is 5.82 Å². The van der Waals surface area contributed by atoms with Gasteiger partial charge in [0.2, 0.25) is 11.0 Å². The molecule has 0 spiro atoms. The third-order valence-corrected chi connectivity index (χ3v) is 5.46. The number of nitrogens with zero attached hydrogens (tertiary/aromatic N) is 2. The Morgan fingerprint density at radius 1 is 1.00 bits per heavy atom. The minimum Gasteiger partial charge on any atom is -0.478 e. The summed E-state index contributed by atoms with van der Waals surface area (Å²) in [6.45, 7) is 0. The van der Waals surface area contributed by atoms with Crippen LogP contribution in [0.25, 0.3) is 0 Å². The third kappa shape index (κ3) is 5.59. The number of carbonyl (C=O) groups is 3. The zero-order valence-electron chi connectivity index (χ0n) is 14.6. The minimum atomic E-state index is -1.21. The van der Waals surface area contributed by atoms with Crippen LogP contribution in [0.15, 0.2) is 52.9 Å². The molecular formula is C18H13FN4O4S2. The van der Waals surface area contributed by atoms with Crippen molar-refractivity contribution in [3.05, 3.63) is 65.5 Å². The molecule has 0 aliphatic carbocycles. The van der Waals surface area contributed by atoms with E-state index < -0.39 is 17.7 Å². The average Bonchev–Trinajstić information content (AvgIpc) is 3.15. The maximum absolute atomic E-state index is 12.9. The number of thioether (sulfide) groups is 1. The monoisotopic (exact) mass is 432 g/mol. The lowest BCUT2D eigenvalue weighted by Gasteiger charge is -2.04. The van der Waals surface area contributed by atoms with E-state index in [1.165, 1.54) is 42.5 Å². The highest BCUT2D eigenvalue weighted by Gasteiger charge is 2.17. The molecule has 1 heterocycles. The predicted octanol–water partition coefficient (Wildman–Crippen LogP) is 3.36. The Morgan fingerprint density at radius 3 is 2.38 bits per heavy atom. The number of aromatic carboxylic acids is 1. The summed E-state index contributed by atoms with van der Waals surface area (Å²) in [5.74, 6) is -2.49. The number of benzene rings is 2. The molecular weight excluding hydrogens is 419 g/mol. The van der Waals surface area contributed by atoms with Gasteiger partial charge in [0.05, 0.1) is 16.9 Å². The standard InChI is InChI=1S/C18H13FN4O4S2/c19-10-5-7-11(8-6-10)20-14(24)9-28-18-23-22-17(29-18)21-15(25)12-3-1-2-4-13(12)16(26)27/h1-8H,9H2,(H,20,24)(H,26,27)(H,21,22,25). The maximum Gasteiger partial charge on any atom is 0.336 e. The molecule has 11 heteroatoms. The molecule has 0 saturated carbocycles. The number of rotatable bonds is 7. The lowest BCUT2D eigenvalue weighted by molar-refractivity contribution is -0.113. The molecule has 0 radical (unpaired) electrons. The molecule has 1 aromatic heterocycles. The number of hydrogen-bond donors (Lipinski definition) is 3. The van der Waals surface area contributed by atoms with Gasteiger partial charge in [-0.05, 0) is 36.4 Å². The van der Waals surface area contributed by atoms with Crippen LogP contribution in [0.5, 0.6) is 0 Å². The first kappa shape index (κ1) is 20.4. The molecule has 0 bridgehead atoms. The number of hydrogen-bond acceptors (Lipinski definition) is 7. The number of carboxylic acids is 1. The number of carboxylic acid groups (broad SMARTS) is 1. The van der Waals surface area contributed by atoms with E-state index in [1.54, 1.807) is 6.07 Å². The fraction of sp³-hybridized carbons (Fsp3) is 0.0556. The summed E-state index contributed by atoms with van der Waals surface area (Å²) in [6, 6.07) is 11.2. The van der Waals surface area contributed by atoms with Crippen LogP contribution in [-0.2, 0) is 4.79 Å². The highest BCUT2D eigenvalue weighted by atomic mass is 32.2. The van der Waals surface area contributed by atoms with Gasteiger partial charge in [-0.3, -0.25) is 14.9 Å². The second-order valence-electron chi connectivity index (χ2n) is 5.52. The maximum atomic E-state index is 12.9. The Morgan fingerprint density at radius 2 is 1.69 bits per heavy atom. The van der Waals surface area contributed by atoms with E-state index in [9.17, 15) is 18.8 Å². The van der Waals surface area contributed by atoms with E-state index in [2.05, 4.69) is 20.8 Å². The topological polar surface area (TPSA) is 121 Å². The summed E-state index contributed by atoms with van der Waals surface area (Å²) in [4.78, 5) is 35.5. The van der Waals surface area contributed by atoms with Gasteiger partial charge in [0.1, 0.15) is 5.82 Å². The van der Waals surface area contributed by atoms with Crippen LogP contribution in [0.2, 0.25) is 0 Å². The molecule has 0 fully saturated rings. The predicted molar refractivity (Wildman–Crippen MR) is 107 cm³/mol. The van der Waals surface area contributed by atoms with Crippen LogP contribution >= 0.6 is 23.1 Å².